The van der Waals surface area contributed by atoms with Gasteiger partial charge in [-0.15, -0.1) is 0 Å². The number of aliphatic hydroxyl groups excluding tert-OH is 1. The van der Waals surface area contributed by atoms with Gasteiger partial charge in [0, 0.05) is 19.7 Å². The van der Waals surface area contributed by atoms with Crippen LogP contribution in [0.1, 0.15) is 20.3 Å². The van der Waals surface area contributed by atoms with E-state index < -0.39 is 0 Å². The molecular formula is C11H24N2O3. The fourth-order valence-corrected chi connectivity index (χ4v) is 1.35. The van der Waals surface area contributed by atoms with E-state index in [0.717, 1.165) is 26.1 Å². The molecule has 0 saturated heterocycles. The number of likely N-dealkylation sites (N-methyl/N-ethyl adjacent to an activating group) is 1. The molecule has 0 atom stereocenters. The molecule has 0 aromatic rings. The molecule has 0 fully saturated rings. The van der Waals surface area contributed by atoms with E-state index in [1.54, 1.807) is 4.90 Å². The van der Waals surface area contributed by atoms with Crippen LogP contribution in [0, 0.1) is 0 Å². The van der Waals surface area contributed by atoms with Crippen molar-refractivity contribution in [3.8, 4) is 0 Å². The maximum absolute atomic E-state index is 11.5. The molecule has 0 aromatic heterocycles. The summed E-state index contributed by atoms with van der Waals surface area (Å²) in [5.41, 5.74) is 0. The molecule has 0 saturated carbocycles. The van der Waals surface area contributed by atoms with E-state index in [0.29, 0.717) is 19.8 Å². The van der Waals surface area contributed by atoms with Crippen molar-refractivity contribution in [2.24, 2.45) is 0 Å². The number of nitrogens with one attached hydrogen (secondary N) is 1. The Morgan fingerprint density at radius 2 is 2.00 bits per heavy atom. The maximum Gasteiger partial charge on any atom is 0.236 e. The molecule has 0 aliphatic heterocycles. The first-order valence-corrected chi connectivity index (χ1v) is 5.93. The number of nitrogens with zero attached hydrogens (tertiary/aromatic N) is 1. The number of aliphatic hydroxyl groups is 1. The van der Waals surface area contributed by atoms with Crippen molar-refractivity contribution in [3.63, 3.8) is 0 Å². The Kier molecular flexibility index (Phi) is 10.4. The van der Waals surface area contributed by atoms with Crippen LogP contribution in [-0.2, 0) is 9.53 Å². The minimum absolute atomic E-state index is 0.0634. The van der Waals surface area contributed by atoms with Gasteiger partial charge in [0.25, 0.3) is 0 Å². The van der Waals surface area contributed by atoms with Gasteiger partial charge in [0.05, 0.1) is 19.8 Å². The predicted molar refractivity (Wildman–Crippen MR) is 63.3 cm³/mol. The molecular weight excluding hydrogens is 208 g/mol. The topological polar surface area (TPSA) is 61.8 Å². The van der Waals surface area contributed by atoms with Gasteiger partial charge in [-0.2, -0.15) is 0 Å². The summed E-state index contributed by atoms with van der Waals surface area (Å²) in [5, 5.41) is 11.5. The number of amides is 1. The van der Waals surface area contributed by atoms with Gasteiger partial charge in [0.1, 0.15) is 0 Å². The number of rotatable bonds is 10. The lowest BCUT2D eigenvalue weighted by molar-refractivity contribution is -0.129. The van der Waals surface area contributed by atoms with Crippen LogP contribution in [0.25, 0.3) is 0 Å². The average Bonchev–Trinajstić information content (AvgIpc) is 2.29. The van der Waals surface area contributed by atoms with E-state index in [-0.39, 0.29) is 12.5 Å². The fraction of sp³-hybridized carbons (Fsp3) is 0.909. The maximum atomic E-state index is 11.5. The Labute approximate surface area is 97.8 Å². The molecule has 16 heavy (non-hydrogen) atoms. The highest BCUT2D eigenvalue weighted by Crippen LogP contribution is 1.87. The van der Waals surface area contributed by atoms with Crippen molar-refractivity contribution in [1.29, 1.82) is 0 Å². The second-order valence-corrected chi connectivity index (χ2v) is 3.43. The van der Waals surface area contributed by atoms with Gasteiger partial charge in [0.2, 0.25) is 5.91 Å². The van der Waals surface area contributed by atoms with Crippen molar-refractivity contribution in [2.75, 3.05) is 46.0 Å². The quantitative estimate of drug-likeness (QED) is 0.514. The summed E-state index contributed by atoms with van der Waals surface area (Å²) in [6.45, 7) is 7.70. The summed E-state index contributed by atoms with van der Waals surface area (Å²) in [7, 11) is 0. The van der Waals surface area contributed by atoms with Crippen LogP contribution in [-0.4, -0.2) is 61.9 Å². The first-order valence-electron chi connectivity index (χ1n) is 5.93. The van der Waals surface area contributed by atoms with Gasteiger partial charge in [-0.05, 0) is 26.8 Å². The highest BCUT2D eigenvalue weighted by atomic mass is 16.5. The van der Waals surface area contributed by atoms with Crippen molar-refractivity contribution in [2.45, 2.75) is 20.3 Å². The molecule has 2 N–H and O–H groups in total. The first-order chi connectivity index (χ1) is 7.76. The smallest absolute Gasteiger partial charge is 0.236 e. The molecule has 96 valence electrons. The second kappa shape index (κ2) is 10.9. The van der Waals surface area contributed by atoms with Crippen LogP contribution < -0.4 is 5.32 Å². The van der Waals surface area contributed by atoms with Crippen LogP contribution in [0.15, 0.2) is 0 Å². The molecule has 0 aromatic carbocycles. The Morgan fingerprint density at radius 1 is 1.31 bits per heavy atom. The van der Waals surface area contributed by atoms with Crippen LogP contribution in [0.5, 0.6) is 0 Å². The lowest BCUT2D eigenvalue weighted by Gasteiger charge is -2.18. The summed E-state index contributed by atoms with van der Waals surface area (Å²) < 4.78 is 5.09. The summed E-state index contributed by atoms with van der Waals surface area (Å²) in [5.74, 6) is 0.140. The molecule has 5 heteroatoms. The Morgan fingerprint density at radius 3 is 2.56 bits per heavy atom. The minimum atomic E-state index is 0.0634. The first kappa shape index (κ1) is 15.3. The molecule has 0 unspecified atom stereocenters. The standard InChI is InChI=1S/C11H24N2O3/c1-3-13(4-2)11(15)10-12-6-5-8-16-9-7-14/h12,14H,3-10H2,1-2H3. The number of hydrogen-bond acceptors (Lipinski definition) is 4. The summed E-state index contributed by atoms with van der Waals surface area (Å²) in [6, 6.07) is 0. The molecule has 0 heterocycles. The molecule has 0 spiro atoms. The van der Waals surface area contributed by atoms with E-state index >= 15 is 0 Å². The number of carbonyl (C=O) groups is 1. The fourth-order valence-electron chi connectivity index (χ4n) is 1.35. The van der Waals surface area contributed by atoms with E-state index in [9.17, 15) is 4.79 Å². The summed E-state index contributed by atoms with van der Waals surface area (Å²) in [4.78, 5) is 13.3. The van der Waals surface area contributed by atoms with Gasteiger partial charge in [-0.3, -0.25) is 4.79 Å². The SMILES string of the molecule is CCN(CC)C(=O)CNCCCOCCO. The lowest BCUT2D eigenvalue weighted by atomic mass is 10.4. The van der Waals surface area contributed by atoms with Gasteiger partial charge < -0.3 is 20.1 Å². The zero-order chi connectivity index (χ0) is 12.2. The van der Waals surface area contributed by atoms with Crippen LogP contribution >= 0.6 is 0 Å². The third-order valence-corrected chi connectivity index (χ3v) is 2.27. The zero-order valence-electron chi connectivity index (χ0n) is 10.4. The third kappa shape index (κ3) is 7.62. The minimum Gasteiger partial charge on any atom is -0.394 e. The van der Waals surface area contributed by atoms with Crippen LogP contribution in [0.3, 0.4) is 0 Å². The monoisotopic (exact) mass is 232 g/mol. The summed E-state index contributed by atoms with van der Waals surface area (Å²) in [6.07, 6.45) is 0.853. The van der Waals surface area contributed by atoms with Gasteiger partial charge in [-0.1, -0.05) is 0 Å². The van der Waals surface area contributed by atoms with Crippen LogP contribution in [0.4, 0.5) is 0 Å². The lowest BCUT2D eigenvalue weighted by Crippen LogP contribution is -2.38. The molecule has 1 amide bonds. The normalized spacial score (nSPS) is 10.4. The second-order valence-electron chi connectivity index (χ2n) is 3.43. The van der Waals surface area contributed by atoms with Gasteiger partial charge in [0.15, 0.2) is 0 Å². The van der Waals surface area contributed by atoms with Crippen molar-refractivity contribution in [1.82, 2.24) is 10.2 Å². The number of ether oxygens (including phenoxy) is 1. The van der Waals surface area contributed by atoms with Crippen LogP contribution in [0.2, 0.25) is 0 Å². The van der Waals surface area contributed by atoms with E-state index in [1.807, 2.05) is 13.8 Å². The highest BCUT2D eigenvalue weighted by Gasteiger charge is 2.07. The Hall–Kier alpha value is -0.650. The molecule has 0 radical (unpaired) electrons. The van der Waals surface area contributed by atoms with Crippen molar-refractivity contribution < 1.29 is 14.6 Å². The van der Waals surface area contributed by atoms with Crippen molar-refractivity contribution in [3.05, 3.63) is 0 Å². The largest absolute Gasteiger partial charge is 0.394 e. The number of hydrogen-bond donors (Lipinski definition) is 2. The third-order valence-electron chi connectivity index (χ3n) is 2.27. The van der Waals surface area contributed by atoms with Crippen molar-refractivity contribution >= 4 is 5.91 Å². The molecule has 0 bridgehead atoms. The van der Waals surface area contributed by atoms with E-state index in [2.05, 4.69) is 5.32 Å². The predicted octanol–water partition coefficient (Wildman–Crippen LogP) is -0.157. The molecule has 0 aliphatic carbocycles. The Bertz CT molecular complexity index is 173. The number of carbonyl (C=O) groups excluding carboxylic acids is 1. The average molecular weight is 232 g/mol. The van der Waals surface area contributed by atoms with E-state index in [4.69, 9.17) is 9.84 Å². The Balaban J connectivity index is 3.33. The zero-order valence-corrected chi connectivity index (χ0v) is 10.4. The molecule has 5 nitrogen and oxygen atoms in total. The molecule has 0 aliphatic rings. The highest BCUT2D eigenvalue weighted by molar-refractivity contribution is 5.78. The van der Waals surface area contributed by atoms with E-state index in [1.165, 1.54) is 0 Å². The summed E-state index contributed by atoms with van der Waals surface area (Å²) >= 11 is 0. The molecule has 0 rings (SSSR count). The van der Waals surface area contributed by atoms with Gasteiger partial charge >= 0.3 is 0 Å². The van der Waals surface area contributed by atoms with Gasteiger partial charge in [-0.25, -0.2) is 0 Å².